The molecule has 6 heteroatoms. The number of hydrogen-bond donors (Lipinski definition) is 2. The van der Waals surface area contributed by atoms with E-state index in [-0.39, 0.29) is 11.5 Å². The number of nitrogens with zero attached hydrogens (tertiary/aromatic N) is 2. The third kappa shape index (κ3) is 5.94. The molecule has 156 valence electrons. The number of nitrogens with one attached hydrogen (secondary N) is 1. The molecular formula is C23H31ClN4S. The first-order valence-corrected chi connectivity index (χ1v) is 10.8. The van der Waals surface area contributed by atoms with Crippen molar-refractivity contribution in [3.05, 3.63) is 65.2 Å². The van der Waals surface area contributed by atoms with Gasteiger partial charge in [0, 0.05) is 34.3 Å². The van der Waals surface area contributed by atoms with Gasteiger partial charge in [0.1, 0.15) is 0 Å². The summed E-state index contributed by atoms with van der Waals surface area (Å²) in [4.78, 5) is 7.16. The summed E-state index contributed by atoms with van der Waals surface area (Å²) in [5, 5.41) is 0.641. The van der Waals surface area contributed by atoms with Gasteiger partial charge in [0.2, 0.25) is 0 Å². The van der Waals surface area contributed by atoms with Gasteiger partial charge >= 0.3 is 0 Å². The van der Waals surface area contributed by atoms with Crippen LogP contribution in [0.4, 0.5) is 5.69 Å². The fourth-order valence-electron chi connectivity index (χ4n) is 2.93. The van der Waals surface area contributed by atoms with Crippen molar-refractivity contribution in [2.24, 2.45) is 10.7 Å². The van der Waals surface area contributed by atoms with Crippen molar-refractivity contribution < 1.29 is 0 Å². The van der Waals surface area contributed by atoms with E-state index in [1.165, 1.54) is 5.56 Å². The third-order valence-corrected chi connectivity index (χ3v) is 5.64. The van der Waals surface area contributed by atoms with E-state index in [9.17, 15) is 0 Å². The molecule has 2 rings (SSSR count). The summed E-state index contributed by atoms with van der Waals surface area (Å²) >= 11 is 7.83. The fourth-order valence-corrected chi connectivity index (χ4v) is 3.78. The lowest BCUT2D eigenvalue weighted by molar-refractivity contribution is 0.475. The maximum Gasteiger partial charge on any atom is 0.195 e. The van der Waals surface area contributed by atoms with E-state index in [1.807, 2.05) is 36.9 Å². The van der Waals surface area contributed by atoms with Gasteiger partial charge < -0.3 is 15.4 Å². The minimum absolute atomic E-state index is 0.107. The Bertz CT molecular complexity index is 883. The van der Waals surface area contributed by atoms with E-state index in [0.29, 0.717) is 11.0 Å². The average molecular weight is 431 g/mol. The molecule has 0 bridgehead atoms. The van der Waals surface area contributed by atoms with Crippen LogP contribution >= 0.6 is 23.5 Å². The second kappa shape index (κ2) is 9.59. The third-order valence-electron chi connectivity index (χ3n) is 4.57. The monoisotopic (exact) mass is 430 g/mol. The number of anilines is 1. The Morgan fingerprint density at radius 2 is 1.79 bits per heavy atom. The standard InChI is InChI=1S/C23H31ClN4S/c1-15(2)28(22(25)26-7)16(3)20-14-18(24)10-13-21(20)27-29-19-11-8-17(9-12-19)23(4,5)6/h8-15,27H,3H2,1-2,4-7H3,(H2,25,26). The van der Waals surface area contributed by atoms with Crippen molar-refractivity contribution in [3.63, 3.8) is 0 Å². The summed E-state index contributed by atoms with van der Waals surface area (Å²) in [6.45, 7) is 15.0. The lowest BCUT2D eigenvalue weighted by Gasteiger charge is -2.30. The second-order valence-electron chi connectivity index (χ2n) is 8.16. The van der Waals surface area contributed by atoms with Crippen LogP contribution in [0.2, 0.25) is 5.02 Å². The van der Waals surface area contributed by atoms with Crippen molar-refractivity contribution in [1.29, 1.82) is 0 Å². The van der Waals surface area contributed by atoms with Crippen LogP contribution < -0.4 is 10.5 Å². The highest BCUT2D eigenvalue weighted by atomic mass is 35.5. The van der Waals surface area contributed by atoms with Crippen molar-refractivity contribution >= 4 is 40.9 Å². The van der Waals surface area contributed by atoms with Gasteiger partial charge in [-0.1, -0.05) is 51.1 Å². The van der Waals surface area contributed by atoms with Crippen LogP contribution in [0.1, 0.15) is 45.7 Å². The highest BCUT2D eigenvalue weighted by Crippen LogP contribution is 2.33. The molecular weight excluding hydrogens is 400 g/mol. The first-order chi connectivity index (χ1) is 13.5. The normalized spacial score (nSPS) is 12.2. The Kier molecular flexibility index (Phi) is 7.66. The molecule has 29 heavy (non-hydrogen) atoms. The summed E-state index contributed by atoms with van der Waals surface area (Å²) in [6.07, 6.45) is 0. The molecule has 0 heterocycles. The van der Waals surface area contributed by atoms with E-state index in [1.54, 1.807) is 19.0 Å². The molecule has 0 saturated carbocycles. The van der Waals surface area contributed by atoms with Gasteiger partial charge in [-0.05, 0) is 67.1 Å². The molecule has 0 radical (unpaired) electrons. The number of hydrogen-bond acceptors (Lipinski definition) is 3. The van der Waals surface area contributed by atoms with Crippen LogP contribution in [-0.4, -0.2) is 23.9 Å². The van der Waals surface area contributed by atoms with Gasteiger partial charge in [-0.3, -0.25) is 4.99 Å². The molecule has 0 amide bonds. The molecule has 0 aliphatic heterocycles. The number of nitrogens with two attached hydrogens (primary N) is 1. The number of benzene rings is 2. The first kappa shape index (κ1) is 23.2. The zero-order valence-corrected chi connectivity index (χ0v) is 19.7. The molecule has 0 aliphatic carbocycles. The topological polar surface area (TPSA) is 53.6 Å². The summed E-state index contributed by atoms with van der Waals surface area (Å²) in [7, 11) is 1.67. The highest BCUT2D eigenvalue weighted by molar-refractivity contribution is 8.00. The SMILES string of the molecule is C=C(c1cc(Cl)ccc1NSc1ccc(C(C)(C)C)cc1)N(C(N)=NC)C(C)C. The molecule has 0 fully saturated rings. The predicted molar refractivity (Wildman–Crippen MR) is 130 cm³/mol. The number of rotatable bonds is 6. The van der Waals surface area contributed by atoms with Crippen LogP contribution in [0, 0.1) is 0 Å². The maximum absolute atomic E-state index is 6.28. The van der Waals surface area contributed by atoms with Gasteiger partial charge in [-0.15, -0.1) is 0 Å². The molecule has 4 nitrogen and oxygen atoms in total. The van der Waals surface area contributed by atoms with E-state index < -0.39 is 0 Å². The Morgan fingerprint density at radius 3 is 2.31 bits per heavy atom. The van der Waals surface area contributed by atoms with Crippen molar-refractivity contribution in [3.8, 4) is 0 Å². The van der Waals surface area contributed by atoms with Gasteiger partial charge in [0.05, 0.1) is 5.69 Å². The smallest absolute Gasteiger partial charge is 0.195 e. The zero-order chi connectivity index (χ0) is 21.8. The van der Waals surface area contributed by atoms with Gasteiger partial charge in [-0.2, -0.15) is 0 Å². The Hall–Kier alpha value is -2.11. The van der Waals surface area contributed by atoms with Gasteiger partial charge in [0.15, 0.2) is 5.96 Å². The van der Waals surface area contributed by atoms with Crippen LogP contribution in [0.25, 0.3) is 5.70 Å². The minimum Gasteiger partial charge on any atom is -0.370 e. The number of aliphatic imine (C=N–C) groups is 1. The highest BCUT2D eigenvalue weighted by Gasteiger charge is 2.20. The molecule has 0 spiro atoms. The summed E-state index contributed by atoms with van der Waals surface area (Å²) in [6, 6.07) is 14.4. The van der Waals surface area contributed by atoms with E-state index >= 15 is 0 Å². The predicted octanol–water partition coefficient (Wildman–Crippen LogP) is 6.38. The van der Waals surface area contributed by atoms with Crippen molar-refractivity contribution in [2.45, 2.75) is 51.0 Å². The Balaban J connectivity index is 2.27. The molecule has 0 aromatic heterocycles. The first-order valence-electron chi connectivity index (χ1n) is 9.58. The second-order valence-corrected chi connectivity index (χ2v) is 9.48. The quantitative estimate of drug-likeness (QED) is 0.317. The lowest BCUT2D eigenvalue weighted by atomic mass is 9.87. The molecule has 0 saturated heterocycles. The van der Waals surface area contributed by atoms with Crippen molar-refractivity contribution in [1.82, 2.24) is 4.90 Å². The molecule has 0 unspecified atom stereocenters. The van der Waals surface area contributed by atoms with Crippen LogP contribution in [0.15, 0.2) is 58.9 Å². The summed E-state index contributed by atoms with van der Waals surface area (Å²) in [5.41, 5.74) is 10.1. The molecule has 2 aromatic rings. The Morgan fingerprint density at radius 1 is 1.17 bits per heavy atom. The average Bonchev–Trinajstić information content (AvgIpc) is 2.66. The van der Waals surface area contributed by atoms with Crippen LogP contribution in [-0.2, 0) is 5.41 Å². The molecule has 0 atom stereocenters. The summed E-state index contributed by atoms with van der Waals surface area (Å²) in [5.74, 6) is 0.418. The van der Waals surface area contributed by atoms with E-state index in [2.05, 4.69) is 61.3 Å². The number of guanidine groups is 1. The van der Waals surface area contributed by atoms with E-state index in [0.717, 1.165) is 21.8 Å². The fraction of sp³-hybridized carbons (Fsp3) is 0.348. The van der Waals surface area contributed by atoms with Gasteiger partial charge in [-0.25, -0.2) is 0 Å². The summed E-state index contributed by atoms with van der Waals surface area (Å²) < 4.78 is 3.44. The lowest BCUT2D eigenvalue weighted by Crippen LogP contribution is -2.40. The molecule has 2 aromatic carbocycles. The maximum atomic E-state index is 6.28. The van der Waals surface area contributed by atoms with Crippen LogP contribution in [0.5, 0.6) is 0 Å². The molecule has 3 N–H and O–H groups in total. The Labute approximate surface area is 184 Å². The largest absolute Gasteiger partial charge is 0.370 e. The zero-order valence-electron chi connectivity index (χ0n) is 18.1. The van der Waals surface area contributed by atoms with E-state index in [4.69, 9.17) is 17.3 Å². The minimum atomic E-state index is 0.107. The van der Waals surface area contributed by atoms with Crippen LogP contribution in [0.3, 0.4) is 0 Å². The number of halogens is 1. The van der Waals surface area contributed by atoms with Gasteiger partial charge in [0.25, 0.3) is 0 Å². The van der Waals surface area contributed by atoms with Crippen molar-refractivity contribution in [2.75, 3.05) is 11.8 Å². The molecule has 0 aliphatic rings.